The first-order valence-corrected chi connectivity index (χ1v) is 11.5. The van der Waals surface area contributed by atoms with Gasteiger partial charge >= 0.3 is 0 Å². The molecule has 1 heterocycles. The molecule has 3 aromatic carbocycles. The summed E-state index contributed by atoms with van der Waals surface area (Å²) in [7, 11) is 0. The van der Waals surface area contributed by atoms with Gasteiger partial charge in [0.2, 0.25) is 0 Å². The number of amides is 1. The summed E-state index contributed by atoms with van der Waals surface area (Å²) in [6, 6.07) is 16.9. The van der Waals surface area contributed by atoms with Crippen molar-refractivity contribution in [1.82, 2.24) is 9.97 Å². The lowest BCUT2D eigenvalue weighted by Crippen LogP contribution is -2.20. The molecule has 4 rings (SSSR count). The number of rotatable bonds is 8. The van der Waals surface area contributed by atoms with E-state index in [9.17, 15) is 14.4 Å². The van der Waals surface area contributed by atoms with Gasteiger partial charge in [-0.15, -0.1) is 0 Å². The summed E-state index contributed by atoms with van der Waals surface area (Å²) in [4.78, 5) is 19.7. The molecule has 0 fully saturated rings. The van der Waals surface area contributed by atoms with Gasteiger partial charge in [0.05, 0.1) is 28.2 Å². The Kier molecular flexibility index (Phi) is 7.52. The number of carbonyl (C=O) groups is 1. The third kappa shape index (κ3) is 5.82. The third-order valence-corrected chi connectivity index (χ3v) is 5.43. The molecule has 0 radical (unpaired) electrons. The van der Waals surface area contributed by atoms with Crippen LogP contribution in [0.15, 0.2) is 54.6 Å². The lowest BCUT2D eigenvalue weighted by Gasteiger charge is -2.14. The number of hydrogen-bond acceptors (Lipinski definition) is 5. The van der Waals surface area contributed by atoms with Crippen molar-refractivity contribution < 1.29 is 18.7 Å². The Hall–Kier alpha value is -4.35. The number of H-pyrrole nitrogens is 1. The normalized spacial score (nSPS) is 11.2. The van der Waals surface area contributed by atoms with Crippen LogP contribution in [0.1, 0.15) is 23.9 Å². The van der Waals surface area contributed by atoms with E-state index in [1.165, 1.54) is 18.2 Å². The highest BCUT2D eigenvalue weighted by Gasteiger charge is 2.16. The zero-order valence-electron chi connectivity index (χ0n) is 19.6. The van der Waals surface area contributed by atoms with Gasteiger partial charge < -0.3 is 19.8 Å². The number of nitrogens with zero attached hydrogens (tertiary/aromatic N) is 2. The standard InChI is InChI=1S/C27H22ClFN4O3/c1-3-35-24-12-17(10-18(14-30)27-32-22-9-6-19(29)13-23(22)33-27)11-21(28)26(24)36-15-25(34)31-20-7-4-16(2)5-8-20/h4-13H,3,15H2,1-2H3,(H,31,34)(H,32,33)/b18-10-. The van der Waals surface area contributed by atoms with Gasteiger partial charge in [0, 0.05) is 5.69 Å². The number of aromatic nitrogens is 2. The molecule has 0 aliphatic carbocycles. The average Bonchev–Trinajstić information content (AvgIpc) is 3.26. The topological polar surface area (TPSA) is 100 Å². The Morgan fingerprint density at radius 3 is 2.69 bits per heavy atom. The minimum absolute atomic E-state index is 0.208. The van der Waals surface area contributed by atoms with Gasteiger partial charge in [-0.25, -0.2) is 9.37 Å². The smallest absolute Gasteiger partial charge is 0.262 e. The second kappa shape index (κ2) is 10.9. The van der Waals surface area contributed by atoms with Crippen LogP contribution in [0.3, 0.4) is 0 Å². The summed E-state index contributed by atoms with van der Waals surface area (Å²) in [5.41, 5.74) is 3.53. The highest BCUT2D eigenvalue weighted by molar-refractivity contribution is 6.32. The minimum atomic E-state index is -0.406. The van der Waals surface area contributed by atoms with Gasteiger partial charge in [-0.3, -0.25) is 4.79 Å². The first-order valence-electron chi connectivity index (χ1n) is 11.1. The van der Waals surface area contributed by atoms with Crippen LogP contribution in [0.4, 0.5) is 10.1 Å². The molecule has 1 amide bonds. The maximum atomic E-state index is 13.5. The number of hydrogen-bond donors (Lipinski definition) is 2. The molecule has 0 saturated carbocycles. The second-order valence-electron chi connectivity index (χ2n) is 7.88. The largest absolute Gasteiger partial charge is 0.490 e. The molecule has 7 nitrogen and oxygen atoms in total. The molecule has 0 bridgehead atoms. The minimum Gasteiger partial charge on any atom is -0.490 e. The molecule has 0 unspecified atom stereocenters. The van der Waals surface area contributed by atoms with Gasteiger partial charge in [-0.05, 0) is 68.0 Å². The summed E-state index contributed by atoms with van der Waals surface area (Å²) >= 11 is 6.47. The van der Waals surface area contributed by atoms with E-state index in [-0.39, 0.29) is 28.9 Å². The number of carbonyl (C=O) groups excluding carboxylic acids is 1. The molecular formula is C27H22ClFN4O3. The number of allylic oxidation sites excluding steroid dienone is 1. The zero-order chi connectivity index (χ0) is 25.7. The number of aromatic amines is 1. The molecule has 0 aliphatic rings. The lowest BCUT2D eigenvalue weighted by molar-refractivity contribution is -0.118. The molecule has 0 spiro atoms. The third-order valence-electron chi connectivity index (χ3n) is 5.15. The fourth-order valence-electron chi connectivity index (χ4n) is 3.48. The zero-order valence-corrected chi connectivity index (χ0v) is 20.3. The Labute approximate surface area is 212 Å². The number of anilines is 1. The van der Waals surface area contributed by atoms with Crippen LogP contribution in [0, 0.1) is 24.1 Å². The number of aryl methyl sites for hydroxylation is 1. The molecule has 182 valence electrons. The van der Waals surface area contributed by atoms with Crippen molar-refractivity contribution >= 4 is 45.9 Å². The molecule has 0 atom stereocenters. The van der Waals surface area contributed by atoms with E-state index < -0.39 is 5.82 Å². The first-order chi connectivity index (χ1) is 17.4. The van der Waals surface area contributed by atoms with Crippen LogP contribution in [0.5, 0.6) is 11.5 Å². The number of ether oxygens (including phenoxy) is 2. The van der Waals surface area contributed by atoms with Crippen LogP contribution in [-0.4, -0.2) is 29.1 Å². The quantitative estimate of drug-likeness (QED) is 0.280. The number of fused-ring (bicyclic) bond motifs is 1. The molecule has 9 heteroatoms. The molecule has 0 saturated heterocycles. The summed E-state index contributed by atoms with van der Waals surface area (Å²) < 4.78 is 24.9. The van der Waals surface area contributed by atoms with Crippen molar-refractivity contribution in [3.8, 4) is 17.6 Å². The van der Waals surface area contributed by atoms with E-state index in [4.69, 9.17) is 21.1 Å². The molecule has 0 aliphatic heterocycles. The number of benzene rings is 3. The predicted octanol–water partition coefficient (Wildman–Crippen LogP) is 6.14. The van der Waals surface area contributed by atoms with Crippen molar-refractivity contribution in [2.75, 3.05) is 18.5 Å². The van der Waals surface area contributed by atoms with E-state index in [0.717, 1.165) is 5.56 Å². The van der Waals surface area contributed by atoms with Crippen LogP contribution in [0.25, 0.3) is 22.7 Å². The molecule has 1 aromatic heterocycles. The number of nitriles is 1. The Bertz CT molecular complexity index is 1490. The monoisotopic (exact) mass is 504 g/mol. The summed E-state index contributed by atoms with van der Waals surface area (Å²) in [6.45, 7) is 3.82. The number of halogens is 2. The van der Waals surface area contributed by atoms with E-state index >= 15 is 0 Å². The van der Waals surface area contributed by atoms with Crippen molar-refractivity contribution in [1.29, 1.82) is 5.26 Å². The van der Waals surface area contributed by atoms with Crippen molar-refractivity contribution in [3.05, 3.63) is 82.4 Å². The van der Waals surface area contributed by atoms with Gasteiger partial charge in [0.15, 0.2) is 18.1 Å². The van der Waals surface area contributed by atoms with E-state index in [1.54, 1.807) is 37.3 Å². The maximum Gasteiger partial charge on any atom is 0.262 e. The lowest BCUT2D eigenvalue weighted by atomic mass is 10.1. The van der Waals surface area contributed by atoms with Gasteiger partial charge in [-0.2, -0.15) is 5.26 Å². The predicted molar refractivity (Wildman–Crippen MR) is 137 cm³/mol. The van der Waals surface area contributed by atoms with Crippen molar-refractivity contribution in [2.24, 2.45) is 0 Å². The highest BCUT2D eigenvalue weighted by Crippen LogP contribution is 2.37. The Balaban J connectivity index is 1.56. The summed E-state index contributed by atoms with van der Waals surface area (Å²) in [5, 5.41) is 12.7. The molecule has 4 aromatic rings. The van der Waals surface area contributed by atoms with Crippen LogP contribution >= 0.6 is 11.6 Å². The molecule has 36 heavy (non-hydrogen) atoms. The van der Waals surface area contributed by atoms with Gasteiger partial charge in [0.25, 0.3) is 5.91 Å². The average molecular weight is 505 g/mol. The van der Waals surface area contributed by atoms with Gasteiger partial charge in [0.1, 0.15) is 17.7 Å². The van der Waals surface area contributed by atoms with Crippen molar-refractivity contribution in [3.63, 3.8) is 0 Å². The van der Waals surface area contributed by atoms with Crippen molar-refractivity contribution in [2.45, 2.75) is 13.8 Å². The second-order valence-corrected chi connectivity index (χ2v) is 8.29. The fraction of sp³-hybridized carbons (Fsp3) is 0.148. The first kappa shape index (κ1) is 24.8. The number of imidazole rings is 1. The van der Waals surface area contributed by atoms with E-state index in [2.05, 4.69) is 21.4 Å². The molecular weight excluding hydrogens is 483 g/mol. The van der Waals surface area contributed by atoms with E-state index in [0.29, 0.717) is 40.5 Å². The van der Waals surface area contributed by atoms with Crippen LogP contribution < -0.4 is 14.8 Å². The van der Waals surface area contributed by atoms with E-state index in [1.807, 2.05) is 19.1 Å². The molecule has 2 N–H and O–H groups in total. The summed E-state index contributed by atoms with van der Waals surface area (Å²) in [6.07, 6.45) is 1.58. The fourth-order valence-corrected chi connectivity index (χ4v) is 3.75. The maximum absolute atomic E-state index is 13.5. The van der Waals surface area contributed by atoms with Crippen LogP contribution in [-0.2, 0) is 4.79 Å². The summed E-state index contributed by atoms with van der Waals surface area (Å²) in [5.74, 6) is 0.0713. The Morgan fingerprint density at radius 2 is 1.97 bits per heavy atom. The van der Waals surface area contributed by atoms with Crippen LogP contribution in [0.2, 0.25) is 5.02 Å². The Morgan fingerprint density at radius 1 is 1.19 bits per heavy atom. The highest BCUT2D eigenvalue weighted by atomic mass is 35.5. The van der Waals surface area contributed by atoms with Gasteiger partial charge in [-0.1, -0.05) is 29.3 Å². The number of nitrogens with one attached hydrogen (secondary N) is 2. The SMILES string of the molecule is CCOc1cc(/C=C(/C#N)c2nc3ccc(F)cc3[nH]2)cc(Cl)c1OCC(=O)Nc1ccc(C)cc1.